The van der Waals surface area contributed by atoms with Gasteiger partial charge in [0.25, 0.3) is 0 Å². The first-order valence-corrected chi connectivity index (χ1v) is 10.6. The summed E-state index contributed by atoms with van der Waals surface area (Å²) in [6.45, 7) is 3.20. The molecule has 0 atom stereocenters. The summed E-state index contributed by atoms with van der Waals surface area (Å²) >= 11 is 6.30. The van der Waals surface area contributed by atoms with E-state index < -0.39 is 0 Å². The van der Waals surface area contributed by atoms with E-state index in [9.17, 15) is 0 Å². The zero-order valence-corrected chi connectivity index (χ0v) is 18.9. The minimum Gasteiger partial charge on any atom is -0.497 e. The van der Waals surface area contributed by atoms with Crippen LogP contribution in [0.3, 0.4) is 0 Å². The predicted octanol–water partition coefficient (Wildman–Crippen LogP) is 5.22. The number of anilines is 1. The molecule has 8 heteroatoms. The summed E-state index contributed by atoms with van der Waals surface area (Å²) in [6, 6.07) is 17.6. The third kappa shape index (κ3) is 4.84. The van der Waals surface area contributed by atoms with Crippen molar-refractivity contribution < 1.29 is 9.47 Å². The first-order chi connectivity index (χ1) is 15.6. The molecular weight excluding hydrogens is 426 g/mol. The average Bonchev–Trinajstić information content (AvgIpc) is 3.23. The molecule has 0 aliphatic heterocycles. The fourth-order valence-corrected chi connectivity index (χ4v) is 3.60. The topological polar surface area (TPSA) is 74.1 Å². The van der Waals surface area contributed by atoms with E-state index in [0.717, 1.165) is 51.9 Å². The second-order valence-electron chi connectivity index (χ2n) is 7.20. The number of pyridine rings is 1. The Bertz CT molecular complexity index is 1210. The maximum atomic E-state index is 6.30. The van der Waals surface area contributed by atoms with Gasteiger partial charge in [-0.3, -0.25) is 0 Å². The van der Waals surface area contributed by atoms with Crippen molar-refractivity contribution >= 4 is 17.4 Å². The molecule has 2 aromatic carbocycles. The molecule has 0 radical (unpaired) electrons. The molecule has 164 valence electrons. The molecule has 0 unspecified atom stereocenters. The first kappa shape index (κ1) is 21.6. The van der Waals surface area contributed by atoms with Gasteiger partial charge in [0.05, 0.1) is 7.11 Å². The fourth-order valence-electron chi connectivity index (χ4n) is 3.39. The maximum absolute atomic E-state index is 6.30. The third-order valence-electron chi connectivity index (χ3n) is 4.97. The van der Waals surface area contributed by atoms with Crippen molar-refractivity contribution in [2.45, 2.75) is 13.5 Å². The highest BCUT2D eigenvalue weighted by molar-refractivity contribution is 6.29. The second-order valence-corrected chi connectivity index (χ2v) is 7.59. The Labute approximate surface area is 192 Å². The summed E-state index contributed by atoms with van der Waals surface area (Å²) in [4.78, 5) is 4.34. The van der Waals surface area contributed by atoms with Gasteiger partial charge in [-0.1, -0.05) is 23.7 Å². The number of benzene rings is 2. The number of hydrogen-bond donors (Lipinski definition) is 1. The van der Waals surface area contributed by atoms with Gasteiger partial charge in [-0.05, 0) is 66.1 Å². The van der Waals surface area contributed by atoms with Crippen molar-refractivity contribution in [1.29, 1.82) is 0 Å². The van der Waals surface area contributed by atoms with Gasteiger partial charge in [0.15, 0.2) is 5.82 Å². The van der Waals surface area contributed by atoms with Crippen LogP contribution in [0.1, 0.15) is 12.5 Å². The summed E-state index contributed by atoms with van der Waals surface area (Å²) in [5.41, 5.74) is 3.83. The van der Waals surface area contributed by atoms with Crippen molar-refractivity contribution in [1.82, 2.24) is 19.7 Å². The van der Waals surface area contributed by atoms with Gasteiger partial charge in [0, 0.05) is 19.2 Å². The second kappa shape index (κ2) is 9.70. The molecule has 1 N–H and O–H groups in total. The van der Waals surface area contributed by atoms with E-state index in [4.69, 9.17) is 21.1 Å². The molecule has 0 saturated carbocycles. The van der Waals surface area contributed by atoms with Crippen LogP contribution in [0.2, 0.25) is 5.15 Å². The van der Waals surface area contributed by atoms with Crippen molar-refractivity contribution in [2.24, 2.45) is 7.05 Å². The van der Waals surface area contributed by atoms with Crippen molar-refractivity contribution in [3.63, 3.8) is 0 Å². The largest absolute Gasteiger partial charge is 0.497 e. The quantitative estimate of drug-likeness (QED) is 0.372. The molecule has 0 saturated heterocycles. The first-order valence-electron chi connectivity index (χ1n) is 10.2. The zero-order valence-electron chi connectivity index (χ0n) is 18.2. The highest BCUT2D eigenvalue weighted by Gasteiger charge is 2.15. The lowest BCUT2D eigenvalue weighted by Crippen LogP contribution is -2.01. The number of aromatic nitrogens is 4. The monoisotopic (exact) mass is 449 g/mol. The molecule has 0 aliphatic carbocycles. The lowest BCUT2D eigenvalue weighted by Gasteiger charge is -2.14. The van der Waals surface area contributed by atoms with Crippen LogP contribution in [0.15, 0.2) is 60.9 Å². The van der Waals surface area contributed by atoms with Crippen LogP contribution in [0.4, 0.5) is 5.82 Å². The molecule has 7 nitrogen and oxygen atoms in total. The average molecular weight is 450 g/mol. The van der Waals surface area contributed by atoms with E-state index in [-0.39, 0.29) is 0 Å². The van der Waals surface area contributed by atoms with E-state index in [2.05, 4.69) is 20.5 Å². The SMILES string of the molecule is CCNc1cc(-c2ccc(OCc3ccc(OC)cc3)cc2-c2nncn2C)cc(Cl)n1. The normalized spacial score (nSPS) is 10.8. The minimum absolute atomic E-state index is 0.419. The molecule has 2 heterocycles. The number of ether oxygens (including phenoxy) is 2. The number of rotatable bonds is 8. The highest BCUT2D eigenvalue weighted by atomic mass is 35.5. The van der Waals surface area contributed by atoms with Crippen molar-refractivity contribution in [2.75, 3.05) is 19.0 Å². The van der Waals surface area contributed by atoms with E-state index in [1.54, 1.807) is 13.4 Å². The molecule has 4 rings (SSSR count). The molecule has 0 bridgehead atoms. The standard InChI is InChI=1S/C24H24ClN5O2/c1-4-26-23-12-17(11-22(25)28-23)20-10-9-19(13-21(20)24-29-27-15-30(24)2)32-14-16-5-7-18(31-3)8-6-16/h5-13,15H,4,14H2,1-3H3,(H,26,28). The molecule has 0 amide bonds. The number of nitrogens with zero attached hydrogens (tertiary/aromatic N) is 4. The van der Waals surface area contributed by atoms with Gasteiger partial charge < -0.3 is 19.4 Å². The number of halogens is 1. The molecule has 2 aromatic heterocycles. The molecule has 0 spiro atoms. The summed E-state index contributed by atoms with van der Waals surface area (Å²) < 4.78 is 13.2. The maximum Gasteiger partial charge on any atom is 0.164 e. The Balaban J connectivity index is 1.69. The summed E-state index contributed by atoms with van der Waals surface area (Å²) in [5, 5.41) is 12.0. The van der Waals surface area contributed by atoms with Crippen LogP contribution in [0.25, 0.3) is 22.5 Å². The minimum atomic E-state index is 0.419. The molecule has 0 fully saturated rings. The van der Waals surface area contributed by atoms with Gasteiger partial charge in [-0.2, -0.15) is 0 Å². The van der Waals surface area contributed by atoms with E-state index in [1.807, 2.05) is 73.1 Å². The molecule has 32 heavy (non-hydrogen) atoms. The number of methoxy groups -OCH3 is 1. The Hall–Kier alpha value is -3.58. The summed E-state index contributed by atoms with van der Waals surface area (Å²) in [7, 11) is 3.56. The Morgan fingerprint density at radius 1 is 1.00 bits per heavy atom. The van der Waals surface area contributed by atoms with Crippen LogP contribution in [0.5, 0.6) is 11.5 Å². The molecular formula is C24H24ClN5O2. The fraction of sp³-hybridized carbons (Fsp3) is 0.208. The van der Waals surface area contributed by atoms with Gasteiger partial charge in [-0.25, -0.2) is 4.98 Å². The Morgan fingerprint density at radius 2 is 1.78 bits per heavy atom. The Morgan fingerprint density at radius 3 is 2.47 bits per heavy atom. The number of nitrogens with one attached hydrogen (secondary N) is 1. The molecule has 0 aliphatic rings. The third-order valence-corrected chi connectivity index (χ3v) is 5.16. The van der Waals surface area contributed by atoms with Crippen molar-refractivity contribution in [3.8, 4) is 34.0 Å². The van der Waals surface area contributed by atoms with E-state index in [1.165, 1.54) is 0 Å². The van der Waals surface area contributed by atoms with Gasteiger partial charge in [-0.15, -0.1) is 10.2 Å². The smallest absolute Gasteiger partial charge is 0.164 e. The van der Waals surface area contributed by atoms with Gasteiger partial charge >= 0.3 is 0 Å². The van der Waals surface area contributed by atoms with Gasteiger partial charge in [0.2, 0.25) is 0 Å². The highest BCUT2D eigenvalue weighted by Crippen LogP contribution is 2.36. The number of hydrogen-bond acceptors (Lipinski definition) is 6. The van der Waals surface area contributed by atoms with E-state index >= 15 is 0 Å². The summed E-state index contributed by atoms with van der Waals surface area (Å²) in [6.07, 6.45) is 1.67. The lowest BCUT2D eigenvalue weighted by atomic mass is 9.99. The molecule has 4 aromatic rings. The van der Waals surface area contributed by atoms with E-state index in [0.29, 0.717) is 11.8 Å². The van der Waals surface area contributed by atoms with Crippen LogP contribution < -0.4 is 14.8 Å². The lowest BCUT2D eigenvalue weighted by molar-refractivity contribution is 0.306. The van der Waals surface area contributed by atoms with Crippen LogP contribution >= 0.6 is 11.6 Å². The zero-order chi connectivity index (χ0) is 22.5. The Kier molecular flexibility index (Phi) is 6.56. The number of aryl methyl sites for hydroxylation is 1. The van der Waals surface area contributed by atoms with Crippen molar-refractivity contribution in [3.05, 3.63) is 71.6 Å². The van der Waals surface area contributed by atoms with Crippen LogP contribution in [-0.4, -0.2) is 33.4 Å². The van der Waals surface area contributed by atoms with Gasteiger partial charge in [0.1, 0.15) is 35.4 Å². The predicted molar refractivity (Wildman–Crippen MR) is 126 cm³/mol. The summed E-state index contributed by atoms with van der Waals surface area (Å²) in [5.74, 6) is 3.00. The van der Waals surface area contributed by atoms with Crippen LogP contribution in [-0.2, 0) is 13.7 Å². The van der Waals surface area contributed by atoms with Crippen LogP contribution in [0, 0.1) is 0 Å².